The predicted octanol–water partition coefficient (Wildman–Crippen LogP) is 4.10. The molecule has 0 saturated carbocycles. The van der Waals surface area contributed by atoms with Crippen molar-refractivity contribution in [3.05, 3.63) is 63.6 Å². The zero-order valence-electron chi connectivity index (χ0n) is 14.9. The van der Waals surface area contributed by atoms with Crippen molar-refractivity contribution >= 4 is 35.0 Å². The molecule has 2 aromatic rings. The summed E-state index contributed by atoms with van der Waals surface area (Å²) in [6.45, 7) is 0.595. The molecule has 0 bridgehead atoms. The maximum atomic E-state index is 12.7. The molecule has 1 heterocycles. The lowest BCUT2D eigenvalue weighted by Crippen LogP contribution is -2.39. The van der Waals surface area contributed by atoms with Crippen LogP contribution in [0, 0.1) is 0 Å². The molecular formula is C20H20Cl2N2O3. The van der Waals surface area contributed by atoms with Crippen molar-refractivity contribution in [2.24, 2.45) is 0 Å². The van der Waals surface area contributed by atoms with E-state index < -0.39 is 5.91 Å². The van der Waals surface area contributed by atoms with E-state index in [-0.39, 0.29) is 23.5 Å². The molecule has 1 fully saturated rings. The van der Waals surface area contributed by atoms with E-state index in [1.807, 2.05) is 29.2 Å². The highest BCUT2D eigenvalue weighted by Gasteiger charge is 2.30. The number of hydrogen-bond donors (Lipinski definition) is 1. The minimum Gasteiger partial charge on any atom is -0.497 e. The van der Waals surface area contributed by atoms with Crippen molar-refractivity contribution in [2.75, 3.05) is 20.2 Å². The van der Waals surface area contributed by atoms with Crippen LogP contribution in [0.25, 0.3) is 0 Å². The summed E-state index contributed by atoms with van der Waals surface area (Å²) in [6, 6.07) is 12.4. The van der Waals surface area contributed by atoms with Crippen LogP contribution in [-0.4, -0.2) is 36.9 Å². The molecule has 0 unspecified atom stereocenters. The third-order valence-corrected chi connectivity index (χ3v) is 5.20. The molecular weight excluding hydrogens is 387 g/mol. The molecule has 1 saturated heterocycles. The Hall–Kier alpha value is -2.24. The van der Waals surface area contributed by atoms with Gasteiger partial charge in [-0.2, -0.15) is 0 Å². The summed E-state index contributed by atoms with van der Waals surface area (Å²) in [5, 5.41) is 3.35. The van der Waals surface area contributed by atoms with Crippen molar-refractivity contribution in [1.82, 2.24) is 10.2 Å². The third kappa shape index (κ3) is 4.54. The molecule has 0 aromatic heterocycles. The number of amides is 2. The first kappa shape index (κ1) is 19.5. The number of nitrogens with zero attached hydrogens (tertiary/aromatic N) is 1. The smallest absolute Gasteiger partial charge is 0.253 e. The van der Waals surface area contributed by atoms with E-state index >= 15 is 0 Å². The second kappa shape index (κ2) is 8.63. The van der Waals surface area contributed by atoms with Gasteiger partial charge in [-0.05, 0) is 48.7 Å². The topological polar surface area (TPSA) is 58.6 Å². The summed E-state index contributed by atoms with van der Waals surface area (Å²) in [5.41, 5.74) is 1.36. The van der Waals surface area contributed by atoms with Crippen molar-refractivity contribution < 1.29 is 14.3 Å². The minimum absolute atomic E-state index is 0.0134. The van der Waals surface area contributed by atoms with Gasteiger partial charge in [-0.15, -0.1) is 0 Å². The Morgan fingerprint density at radius 3 is 2.59 bits per heavy atom. The van der Waals surface area contributed by atoms with E-state index in [9.17, 15) is 9.59 Å². The molecule has 2 aromatic carbocycles. The number of ether oxygens (including phenoxy) is 1. The van der Waals surface area contributed by atoms with Crippen LogP contribution in [0.2, 0.25) is 10.0 Å². The molecule has 142 valence electrons. The lowest BCUT2D eigenvalue weighted by Gasteiger charge is -2.25. The van der Waals surface area contributed by atoms with Gasteiger partial charge in [0, 0.05) is 11.6 Å². The largest absolute Gasteiger partial charge is 0.497 e. The van der Waals surface area contributed by atoms with E-state index in [0.717, 1.165) is 24.2 Å². The van der Waals surface area contributed by atoms with Crippen LogP contribution in [0.4, 0.5) is 0 Å². The summed E-state index contributed by atoms with van der Waals surface area (Å²) in [6.07, 6.45) is 1.83. The highest BCUT2D eigenvalue weighted by Crippen LogP contribution is 2.32. The molecule has 7 heteroatoms. The molecule has 1 aliphatic rings. The van der Waals surface area contributed by atoms with Crippen molar-refractivity contribution in [2.45, 2.75) is 18.9 Å². The minimum atomic E-state index is -0.398. The molecule has 0 spiro atoms. The van der Waals surface area contributed by atoms with Crippen LogP contribution >= 0.6 is 23.2 Å². The zero-order valence-corrected chi connectivity index (χ0v) is 16.4. The number of rotatable bonds is 5. The van der Waals surface area contributed by atoms with Gasteiger partial charge in [-0.1, -0.05) is 35.3 Å². The van der Waals surface area contributed by atoms with Crippen molar-refractivity contribution in [3.8, 4) is 5.75 Å². The number of benzene rings is 2. The molecule has 3 rings (SSSR count). The SMILES string of the molecule is COc1ccc([C@@H]2CCCN2C(=O)CNC(=O)c2ccc(Cl)cc2Cl)cc1. The van der Waals surface area contributed by atoms with Gasteiger partial charge in [0.05, 0.1) is 30.3 Å². The number of nitrogens with one attached hydrogen (secondary N) is 1. The average Bonchev–Trinajstić information content (AvgIpc) is 3.16. The van der Waals surface area contributed by atoms with Gasteiger partial charge in [-0.25, -0.2) is 0 Å². The van der Waals surface area contributed by atoms with Crippen molar-refractivity contribution in [3.63, 3.8) is 0 Å². The monoisotopic (exact) mass is 406 g/mol. The third-order valence-electron chi connectivity index (χ3n) is 4.65. The number of halogens is 2. The Kier molecular flexibility index (Phi) is 6.24. The van der Waals surface area contributed by atoms with Gasteiger partial charge in [0.25, 0.3) is 5.91 Å². The standard InChI is InChI=1S/C20H20Cl2N2O3/c1-27-15-7-4-13(5-8-15)18-3-2-10-24(18)19(25)12-23-20(26)16-9-6-14(21)11-17(16)22/h4-9,11,18H,2-3,10,12H2,1H3,(H,23,26)/t18-/m0/s1. The maximum absolute atomic E-state index is 12.7. The Morgan fingerprint density at radius 2 is 1.93 bits per heavy atom. The summed E-state index contributed by atoms with van der Waals surface area (Å²) < 4.78 is 5.18. The zero-order chi connectivity index (χ0) is 19.4. The molecule has 1 N–H and O–H groups in total. The molecule has 5 nitrogen and oxygen atoms in total. The van der Waals surface area contributed by atoms with E-state index in [1.54, 1.807) is 19.2 Å². The van der Waals surface area contributed by atoms with Crippen LogP contribution in [0.1, 0.15) is 34.8 Å². The molecule has 1 atom stereocenters. The predicted molar refractivity (Wildman–Crippen MR) is 105 cm³/mol. The Balaban J connectivity index is 1.63. The summed E-state index contributed by atoms with van der Waals surface area (Å²) in [5.74, 6) is 0.263. The Labute approximate surface area is 168 Å². The fraction of sp³-hybridized carbons (Fsp3) is 0.300. The maximum Gasteiger partial charge on any atom is 0.253 e. The number of likely N-dealkylation sites (tertiary alicyclic amines) is 1. The molecule has 0 aliphatic carbocycles. The van der Waals surface area contributed by atoms with Gasteiger partial charge in [-0.3, -0.25) is 9.59 Å². The first-order valence-corrected chi connectivity index (χ1v) is 9.42. The van der Waals surface area contributed by atoms with E-state index in [0.29, 0.717) is 17.1 Å². The highest BCUT2D eigenvalue weighted by atomic mass is 35.5. The quantitative estimate of drug-likeness (QED) is 0.812. The molecule has 1 aliphatic heterocycles. The van der Waals surface area contributed by atoms with Crippen LogP contribution in [0.5, 0.6) is 5.75 Å². The lowest BCUT2D eigenvalue weighted by molar-refractivity contribution is -0.131. The number of carbonyl (C=O) groups excluding carboxylic acids is 2. The first-order valence-electron chi connectivity index (χ1n) is 8.66. The van der Waals surface area contributed by atoms with Crippen LogP contribution < -0.4 is 10.1 Å². The number of hydrogen-bond acceptors (Lipinski definition) is 3. The van der Waals surface area contributed by atoms with E-state index in [2.05, 4.69) is 5.32 Å². The molecule has 0 radical (unpaired) electrons. The van der Waals surface area contributed by atoms with Gasteiger partial charge < -0.3 is 15.0 Å². The van der Waals surface area contributed by atoms with Crippen LogP contribution in [0.15, 0.2) is 42.5 Å². The summed E-state index contributed by atoms with van der Waals surface area (Å²) in [7, 11) is 1.62. The van der Waals surface area contributed by atoms with E-state index in [1.165, 1.54) is 6.07 Å². The van der Waals surface area contributed by atoms with Gasteiger partial charge in [0.2, 0.25) is 5.91 Å². The first-order chi connectivity index (χ1) is 13.0. The van der Waals surface area contributed by atoms with Gasteiger partial charge in [0.1, 0.15) is 5.75 Å². The van der Waals surface area contributed by atoms with Gasteiger partial charge in [0.15, 0.2) is 0 Å². The normalized spacial score (nSPS) is 16.3. The lowest BCUT2D eigenvalue weighted by atomic mass is 10.0. The second-order valence-corrected chi connectivity index (χ2v) is 7.17. The number of methoxy groups -OCH3 is 1. The van der Waals surface area contributed by atoms with Crippen LogP contribution in [0.3, 0.4) is 0 Å². The average molecular weight is 407 g/mol. The highest BCUT2D eigenvalue weighted by molar-refractivity contribution is 6.36. The summed E-state index contributed by atoms with van der Waals surface area (Å²) >= 11 is 11.9. The Morgan fingerprint density at radius 1 is 1.19 bits per heavy atom. The van der Waals surface area contributed by atoms with Crippen LogP contribution in [-0.2, 0) is 4.79 Å². The second-order valence-electron chi connectivity index (χ2n) is 6.33. The number of carbonyl (C=O) groups is 2. The Bertz CT molecular complexity index is 840. The molecule has 27 heavy (non-hydrogen) atoms. The fourth-order valence-electron chi connectivity index (χ4n) is 3.26. The van der Waals surface area contributed by atoms with E-state index in [4.69, 9.17) is 27.9 Å². The van der Waals surface area contributed by atoms with Crippen molar-refractivity contribution in [1.29, 1.82) is 0 Å². The molecule has 2 amide bonds. The fourth-order valence-corrected chi connectivity index (χ4v) is 3.76. The van der Waals surface area contributed by atoms with Gasteiger partial charge >= 0.3 is 0 Å². The summed E-state index contributed by atoms with van der Waals surface area (Å²) in [4.78, 5) is 26.8.